The van der Waals surface area contributed by atoms with E-state index in [4.69, 9.17) is 0 Å². The monoisotopic (exact) mass is 298 g/mol. The first-order chi connectivity index (χ1) is 10.5. The third-order valence-electron chi connectivity index (χ3n) is 3.21. The fourth-order valence-corrected chi connectivity index (χ4v) is 2.08. The van der Waals surface area contributed by atoms with Gasteiger partial charge in [-0.15, -0.1) is 0 Å². The van der Waals surface area contributed by atoms with Crippen molar-refractivity contribution in [3.8, 4) is 0 Å². The molecule has 0 bridgehead atoms. The minimum atomic E-state index is -0.572. The second kappa shape index (κ2) is 6.85. The molecule has 114 valence electrons. The highest BCUT2D eigenvalue weighted by Gasteiger charge is 2.14. The highest BCUT2D eigenvalue weighted by molar-refractivity contribution is 6.04. The number of carbonyl (C=O) groups is 2. The van der Waals surface area contributed by atoms with Gasteiger partial charge in [-0.2, -0.15) is 0 Å². The molecule has 22 heavy (non-hydrogen) atoms. The molecule has 0 aliphatic carbocycles. The molecule has 1 aromatic carbocycles. The molecular formula is C17H18N2O3. The van der Waals surface area contributed by atoms with Gasteiger partial charge in [-0.3, -0.25) is 4.79 Å². The summed E-state index contributed by atoms with van der Waals surface area (Å²) in [5.41, 5.74) is 2.06. The third kappa shape index (κ3) is 3.49. The Kier molecular flexibility index (Phi) is 4.88. The number of rotatable bonds is 4. The first-order valence-electron chi connectivity index (χ1n) is 6.98. The van der Waals surface area contributed by atoms with E-state index in [9.17, 15) is 9.59 Å². The van der Waals surface area contributed by atoms with Gasteiger partial charge in [-0.05, 0) is 29.7 Å². The van der Waals surface area contributed by atoms with Gasteiger partial charge in [-0.25, -0.2) is 9.78 Å². The van der Waals surface area contributed by atoms with Gasteiger partial charge in [0.1, 0.15) is 11.4 Å². The summed E-state index contributed by atoms with van der Waals surface area (Å²) in [5, 5.41) is 2.84. The minimum Gasteiger partial charge on any atom is -0.464 e. The summed E-state index contributed by atoms with van der Waals surface area (Å²) in [6.07, 6.45) is 0. The summed E-state index contributed by atoms with van der Waals surface area (Å²) in [5.74, 6) is -0.651. The molecule has 0 aliphatic heterocycles. The van der Waals surface area contributed by atoms with Crippen LogP contribution in [-0.4, -0.2) is 24.0 Å². The van der Waals surface area contributed by atoms with E-state index in [0.717, 1.165) is 11.3 Å². The second-order valence-electron chi connectivity index (χ2n) is 5.10. The zero-order chi connectivity index (χ0) is 16.1. The number of amides is 1. The Morgan fingerprint density at radius 1 is 1.05 bits per heavy atom. The molecule has 5 heteroatoms. The zero-order valence-corrected chi connectivity index (χ0v) is 12.8. The van der Waals surface area contributed by atoms with E-state index in [2.05, 4.69) is 28.9 Å². The number of para-hydroxylation sites is 1. The van der Waals surface area contributed by atoms with Crippen LogP contribution in [0.1, 0.15) is 46.3 Å². The maximum Gasteiger partial charge on any atom is 0.356 e. The Balaban J connectivity index is 2.25. The number of nitrogens with zero attached hydrogens (tertiary/aromatic N) is 1. The smallest absolute Gasteiger partial charge is 0.356 e. The van der Waals surface area contributed by atoms with Crippen molar-refractivity contribution in [2.24, 2.45) is 0 Å². The minimum absolute atomic E-state index is 0.104. The molecular weight excluding hydrogens is 280 g/mol. The Morgan fingerprint density at radius 2 is 1.73 bits per heavy atom. The quantitative estimate of drug-likeness (QED) is 0.880. The lowest BCUT2D eigenvalue weighted by molar-refractivity contribution is 0.0594. The molecule has 5 nitrogen and oxygen atoms in total. The summed E-state index contributed by atoms with van der Waals surface area (Å²) in [6.45, 7) is 4.11. The number of hydrogen-bond acceptors (Lipinski definition) is 4. The van der Waals surface area contributed by atoms with Crippen LogP contribution >= 0.6 is 0 Å². The van der Waals surface area contributed by atoms with Crippen LogP contribution in [0.2, 0.25) is 0 Å². The topological polar surface area (TPSA) is 68.3 Å². The van der Waals surface area contributed by atoms with Gasteiger partial charge in [0, 0.05) is 5.69 Å². The third-order valence-corrected chi connectivity index (χ3v) is 3.21. The average Bonchev–Trinajstić information content (AvgIpc) is 2.54. The maximum absolute atomic E-state index is 12.3. The Hall–Kier alpha value is -2.69. The predicted molar refractivity (Wildman–Crippen MR) is 84.1 cm³/mol. The van der Waals surface area contributed by atoms with Gasteiger partial charge in [-0.1, -0.05) is 38.1 Å². The zero-order valence-electron chi connectivity index (χ0n) is 12.8. The number of carbonyl (C=O) groups excluding carboxylic acids is 2. The SMILES string of the molecule is COC(=O)c1cccc(C(=O)Nc2ccccc2C(C)C)n1. The Labute approximate surface area is 129 Å². The van der Waals surface area contributed by atoms with E-state index in [1.54, 1.807) is 12.1 Å². The highest BCUT2D eigenvalue weighted by atomic mass is 16.5. The van der Waals surface area contributed by atoms with Crippen LogP contribution in [0.25, 0.3) is 0 Å². The lowest BCUT2D eigenvalue weighted by Gasteiger charge is -2.13. The first-order valence-corrected chi connectivity index (χ1v) is 6.98. The van der Waals surface area contributed by atoms with Crippen LogP contribution < -0.4 is 5.32 Å². The van der Waals surface area contributed by atoms with E-state index < -0.39 is 5.97 Å². The molecule has 0 saturated heterocycles. The van der Waals surface area contributed by atoms with Crippen molar-refractivity contribution in [3.05, 3.63) is 59.4 Å². The van der Waals surface area contributed by atoms with Crippen molar-refractivity contribution in [1.29, 1.82) is 0 Å². The number of benzene rings is 1. The number of pyridine rings is 1. The van der Waals surface area contributed by atoms with Crippen molar-refractivity contribution in [3.63, 3.8) is 0 Å². The Bertz CT molecular complexity index is 696. The fraction of sp³-hybridized carbons (Fsp3) is 0.235. The van der Waals surface area contributed by atoms with Gasteiger partial charge in [0.2, 0.25) is 0 Å². The maximum atomic E-state index is 12.3. The number of hydrogen-bond donors (Lipinski definition) is 1. The van der Waals surface area contributed by atoms with Gasteiger partial charge >= 0.3 is 5.97 Å². The average molecular weight is 298 g/mol. The number of esters is 1. The van der Waals surface area contributed by atoms with Crippen LogP contribution in [0, 0.1) is 0 Å². The van der Waals surface area contributed by atoms with Crippen molar-refractivity contribution in [2.45, 2.75) is 19.8 Å². The standard InChI is InChI=1S/C17H18N2O3/c1-11(2)12-7-4-5-8-13(12)19-16(20)14-9-6-10-15(18-14)17(21)22-3/h4-11H,1-3H3,(H,19,20). The van der Waals surface area contributed by atoms with E-state index in [0.29, 0.717) is 0 Å². The van der Waals surface area contributed by atoms with E-state index in [1.165, 1.54) is 13.2 Å². The van der Waals surface area contributed by atoms with Crippen molar-refractivity contribution < 1.29 is 14.3 Å². The number of ether oxygens (including phenoxy) is 1. The van der Waals surface area contributed by atoms with Crippen LogP contribution in [-0.2, 0) is 4.74 Å². The van der Waals surface area contributed by atoms with Crippen LogP contribution in [0.3, 0.4) is 0 Å². The van der Waals surface area contributed by atoms with Crippen LogP contribution in [0.5, 0.6) is 0 Å². The first kappa shape index (κ1) is 15.7. The fourth-order valence-electron chi connectivity index (χ4n) is 2.08. The molecule has 0 saturated carbocycles. The van der Waals surface area contributed by atoms with Gasteiger partial charge < -0.3 is 10.1 Å². The summed E-state index contributed by atoms with van der Waals surface area (Å²) >= 11 is 0. The molecule has 1 aromatic heterocycles. The van der Waals surface area contributed by atoms with E-state index in [-0.39, 0.29) is 23.2 Å². The van der Waals surface area contributed by atoms with Gasteiger partial charge in [0.25, 0.3) is 5.91 Å². The van der Waals surface area contributed by atoms with Crippen LogP contribution in [0.4, 0.5) is 5.69 Å². The largest absolute Gasteiger partial charge is 0.464 e. The lowest BCUT2D eigenvalue weighted by atomic mass is 10.0. The van der Waals surface area contributed by atoms with Gasteiger partial charge in [0.15, 0.2) is 0 Å². The molecule has 0 aliphatic rings. The van der Waals surface area contributed by atoms with E-state index >= 15 is 0 Å². The molecule has 0 spiro atoms. The predicted octanol–water partition coefficient (Wildman–Crippen LogP) is 3.24. The Morgan fingerprint density at radius 3 is 2.41 bits per heavy atom. The number of nitrogens with one attached hydrogen (secondary N) is 1. The summed E-state index contributed by atoms with van der Waals surface area (Å²) in [7, 11) is 1.27. The van der Waals surface area contributed by atoms with Crippen LogP contribution in [0.15, 0.2) is 42.5 Å². The highest BCUT2D eigenvalue weighted by Crippen LogP contribution is 2.24. The second-order valence-corrected chi connectivity index (χ2v) is 5.10. The van der Waals surface area contributed by atoms with E-state index in [1.807, 2.05) is 24.3 Å². The normalized spacial score (nSPS) is 10.4. The molecule has 1 heterocycles. The molecule has 2 rings (SSSR count). The summed E-state index contributed by atoms with van der Waals surface area (Å²) in [4.78, 5) is 27.8. The van der Waals surface area contributed by atoms with Crippen molar-refractivity contribution in [2.75, 3.05) is 12.4 Å². The number of methoxy groups -OCH3 is 1. The molecule has 0 radical (unpaired) electrons. The van der Waals surface area contributed by atoms with Crippen molar-refractivity contribution in [1.82, 2.24) is 4.98 Å². The molecule has 2 aromatic rings. The lowest BCUT2D eigenvalue weighted by Crippen LogP contribution is -2.17. The molecule has 0 fully saturated rings. The molecule has 1 amide bonds. The summed E-state index contributed by atoms with van der Waals surface area (Å²) in [6, 6.07) is 12.3. The molecule has 0 atom stereocenters. The molecule has 1 N–H and O–H groups in total. The number of anilines is 1. The summed E-state index contributed by atoms with van der Waals surface area (Å²) < 4.78 is 4.61. The van der Waals surface area contributed by atoms with Crippen molar-refractivity contribution >= 4 is 17.6 Å². The van der Waals surface area contributed by atoms with Gasteiger partial charge in [0.05, 0.1) is 7.11 Å². The molecule has 0 unspecified atom stereocenters. The number of aromatic nitrogens is 1.